The average Bonchev–Trinajstić information content (AvgIpc) is 3.56. The number of hydrogen-bond donors (Lipinski definition) is 3. The van der Waals surface area contributed by atoms with Crippen LogP contribution in [0.2, 0.25) is 0 Å². The van der Waals surface area contributed by atoms with Crippen LogP contribution in [-0.2, 0) is 15.6 Å². The van der Waals surface area contributed by atoms with E-state index in [1.807, 2.05) is 67.8 Å². The van der Waals surface area contributed by atoms with E-state index in [-0.39, 0.29) is 46.1 Å². The number of likely N-dealkylation sites (N-methyl/N-ethyl adjacent to an activating group) is 1. The summed E-state index contributed by atoms with van der Waals surface area (Å²) in [6, 6.07) is 12.9. The molecule has 0 radical (unpaired) electrons. The molecular formula is C40H56N10O4. The van der Waals surface area contributed by atoms with E-state index in [2.05, 4.69) is 80.7 Å². The SMILES string of the molecule is COCC(C)(C)c1nnc2ccc(O[C@@H]3CC[C@H](NC(=O)Nc4cc(C(C)(C)C)nc(C(=O)NCC(C)(C)N5CCN(C)CC5)n4)c4ccccc43)cn12. The molecule has 1 fully saturated rings. The van der Waals surface area contributed by atoms with Gasteiger partial charge in [-0.3, -0.25) is 19.4 Å². The second kappa shape index (κ2) is 15.6. The number of anilines is 1. The van der Waals surface area contributed by atoms with Crippen molar-refractivity contribution in [1.29, 1.82) is 0 Å². The molecule has 1 aromatic carbocycles. The van der Waals surface area contributed by atoms with E-state index in [1.54, 1.807) is 13.2 Å². The van der Waals surface area contributed by atoms with Crippen LogP contribution in [0.15, 0.2) is 48.7 Å². The topological polar surface area (TPSA) is 151 Å². The zero-order valence-electron chi connectivity index (χ0n) is 33.2. The van der Waals surface area contributed by atoms with Gasteiger partial charge < -0.3 is 25.0 Å². The molecule has 2 atom stereocenters. The van der Waals surface area contributed by atoms with Crippen LogP contribution in [0.25, 0.3) is 5.65 Å². The fourth-order valence-corrected chi connectivity index (χ4v) is 7.22. The molecule has 1 aliphatic heterocycles. The minimum Gasteiger partial charge on any atom is -0.484 e. The largest absolute Gasteiger partial charge is 0.484 e. The Morgan fingerprint density at radius 3 is 2.33 bits per heavy atom. The first-order valence-electron chi connectivity index (χ1n) is 18.8. The van der Waals surface area contributed by atoms with Crippen LogP contribution < -0.4 is 20.7 Å². The number of amides is 3. The van der Waals surface area contributed by atoms with Crippen LogP contribution in [0, 0.1) is 0 Å². The lowest BCUT2D eigenvalue weighted by molar-refractivity contribution is 0.0585. The number of fused-ring (bicyclic) bond motifs is 2. The van der Waals surface area contributed by atoms with Gasteiger partial charge in [-0.2, -0.15) is 0 Å². The molecule has 290 valence electrons. The van der Waals surface area contributed by atoms with Crippen LogP contribution in [0.4, 0.5) is 10.6 Å². The molecule has 1 saturated heterocycles. The van der Waals surface area contributed by atoms with Gasteiger partial charge in [0.2, 0.25) is 5.82 Å². The fraction of sp³-hybridized carbons (Fsp3) is 0.550. The normalized spacial score (nSPS) is 18.6. The van der Waals surface area contributed by atoms with Gasteiger partial charge in [0.1, 0.15) is 23.5 Å². The van der Waals surface area contributed by atoms with Gasteiger partial charge in [-0.1, -0.05) is 58.9 Å². The molecule has 54 heavy (non-hydrogen) atoms. The third kappa shape index (κ3) is 8.82. The van der Waals surface area contributed by atoms with Gasteiger partial charge in [0.05, 0.1) is 24.5 Å². The lowest BCUT2D eigenvalue weighted by atomic mass is 9.85. The molecule has 0 bridgehead atoms. The Morgan fingerprint density at radius 2 is 1.63 bits per heavy atom. The maximum Gasteiger partial charge on any atom is 0.320 e. The highest BCUT2D eigenvalue weighted by atomic mass is 16.5. The number of urea groups is 1. The molecule has 1 aliphatic carbocycles. The van der Waals surface area contributed by atoms with Crippen LogP contribution >= 0.6 is 0 Å². The highest BCUT2D eigenvalue weighted by Gasteiger charge is 2.32. The fourth-order valence-electron chi connectivity index (χ4n) is 7.22. The standard InChI is InChI=1S/C40H56N10O4/c1-38(2,3)31-22-32(44-34(43-31)35(51)41-24-40(6,7)49-20-18-48(8)19-21-49)45-37(52)42-29-15-16-30(28-13-11-10-12-27(28)29)54-26-14-17-33-46-47-36(50(33)23-26)39(4,5)25-53-9/h10-14,17,22-23,29-30H,15-16,18-21,24-25H2,1-9H3,(H,41,51)(H2,42,43,44,45,52)/t29-,30+/m0/s1. The van der Waals surface area contributed by atoms with Gasteiger partial charge in [0.15, 0.2) is 5.65 Å². The molecule has 4 heterocycles. The molecule has 3 N–H and O–H groups in total. The van der Waals surface area contributed by atoms with E-state index in [9.17, 15) is 9.59 Å². The molecule has 14 heteroatoms. The lowest BCUT2D eigenvalue weighted by Crippen LogP contribution is -2.57. The number of nitrogens with zero attached hydrogens (tertiary/aromatic N) is 7. The van der Waals surface area contributed by atoms with Gasteiger partial charge in [0, 0.05) is 62.3 Å². The Bertz CT molecular complexity index is 1960. The number of methoxy groups -OCH3 is 1. The molecule has 3 aromatic heterocycles. The van der Waals surface area contributed by atoms with Crippen molar-refractivity contribution in [3.05, 3.63) is 77.1 Å². The molecular weight excluding hydrogens is 685 g/mol. The van der Waals surface area contributed by atoms with E-state index in [0.29, 0.717) is 37.4 Å². The summed E-state index contributed by atoms with van der Waals surface area (Å²) in [5.74, 6) is 1.40. The van der Waals surface area contributed by atoms with Gasteiger partial charge >= 0.3 is 6.03 Å². The Morgan fingerprint density at radius 1 is 0.907 bits per heavy atom. The summed E-state index contributed by atoms with van der Waals surface area (Å²) < 4.78 is 14.0. The maximum absolute atomic E-state index is 13.6. The number of benzene rings is 1. The second-order valence-electron chi connectivity index (χ2n) is 16.9. The molecule has 2 aliphatic rings. The molecule has 6 rings (SSSR count). The number of nitrogens with one attached hydrogen (secondary N) is 3. The first-order valence-corrected chi connectivity index (χ1v) is 18.8. The van der Waals surface area contributed by atoms with Crippen LogP contribution in [0.3, 0.4) is 0 Å². The minimum absolute atomic E-state index is 0.0222. The highest BCUT2D eigenvalue weighted by Crippen LogP contribution is 2.39. The van der Waals surface area contributed by atoms with Crippen molar-refractivity contribution in [2.45, 2.75) is 89.8 Å². The Balaban J connectivity index is 1.14. The Kier molecular flexibility index (Phi) is 11.3. The summed E-state index contributed by atoms with van der Waals surface area (Å²) in [6.45, 7) is 19.3. The van der Waals surface area contributed by atoms with E-state index in [0.717, 1.165) is 48.8 Å². The van der Waals surface area contributed by atoms with E-state index >= 15 is 0 Å². The highest BCUT2D eigenvalue weighted by molar-refractivity contribution is 5.92. The summed E-state index contributed by atoms with van der Waals surface area (Å²) in [5.41, 5.74) is 2.40. The van der Waals surface area contributed by atoms with Crippen molar-refractivity contribution in [2.24, 2.45) is 0 Å². The quantitative estimate of drug-likeness (QED) is 0.186. The molecule has 14 nitrogen and oxygen atoms in total. The summed E-state index contributed by atoms with van der Waals surface area (Å²) in [6.07, 6.45) is 3.05. The van der Waals surface area contributed by atoms with Crippen LogP contribution in [0.5, 0.6) is 5.75 Å². The number of rotatable bonds is 11. The Labute approximate surface area is 318 Å². The third-order valence-corrected chi connectivity index (χ3v) is 10.5. The number of carbonyl (C=O) groups is 2. The smallest absolute Gasteiger partial charge is 0.320 e. The lowest BCUT2D eigenvalue weighted by Gasteiger charge is -2.43. The minimum atomic E-state index is -0.417. The van der Waals surface area contributed by atoms with Gasteiger partial charge in [-0.15, -0.1) is 10.2 Å². The monoisotopic (exact) mass is 740 g/mol. The van der Waals surface area contributed by atoms with Crippen molar-refractivity contribution < 1.29 is 19.1 Å². The predicted octanol–water partition coefficient (Wildman–Crippen LogP) is 5.27. The summed E-state index contributed by atoms with van der Waals surface area (Å²) in [7, 11) is 3.81. The second-order valence-corrected chi connectivity index (χ2v) is 16.9. The first kappa shape index (κ1) is 39.0. The molecule has 4 aromatic rings. The number of ether oxygens (including phenoxy) is 2. The molecule has 0 spiro atoms. The first-order chi connectivity index (χ1) is 25.5. The van der Waals surface area contributed by atoms with Crippen molar-refractivity contribution in [1.82, 2.24) is 45.0 Å². The van der Waals surface area contributed by atoms with Crippen molar-refractivity contribution in [3.63, 3.8) is 0 Å². The average molecular weight is 741 g/mol. The number of hydrogen-bond acceptors (Lipinski definition) is 10. The maximum atomic E-state index is 13.6. The number of pyridine rings is 1. The van der Waals surface area contributed by atoms with E-state index in [4.69, 9.17) is 9.47 Å². The van der Waals surface area contributed by atoms with Crippen LogP contribution in [0.1, 0.15) is 107 Å². The van der Waals surface area contributed by atoms with E-state index < -0.39 is 6.03 Å². The van der Waals surface area contributed by atoms with Crippen LogP contribution in [-0.4, -0.2) is 105 Å². The van der Waals surface area contributed by atoms with Gasteiger partial charge in [-0.25, -0.2) is 14.8 Å². The van der Waals surface area contributed by atoms with E-state index in [1.165, 1.54) is 0 Å². The van der Waals surface area contributed by atoms with Crippen molar-refractivity contribution in [3.8, 4) is 5.75 Å². The third-order valence-electron chi connectivity index (χ3n) is 10.5. The van der Waals surface area contributed by atoms with Crippen molar-refractivity contribution in [2.75, 3.05) is 58.8 Å². The summed E-state index contributed by atoms with van der Waals surface area (Å²) in [5, 5.41) is 17.9. The molecule has 0 unspecified atom stereocenters. The van der Waals surface area contributed by atoms with Crippen molar-refractivity contribution >= 4 is 23.4 Å². The summed E-state index contributed by atoms with van der Waals surface area (Å²) in [4.78, 5) is 40.9. The molecule has 0 saturated carbocycles. The number of carbonyl (C=O) groups excluding carboxylic acids is 2. The number of piperazine rings is 1. The van der Waals surface area contributed by atoms with Gasteiger partial charge in [0.25, 0.3) is 5.91 Å². The molecule has 3 amide bonds. The predicted molar refractivity (Wildman–Crippen MR) is 208 cm³/mol. The van der Waals surface area contributed by atoms with Gasteiger partial charge in [-0.05, 0) is 57.0 Å². The zero-order chi connectivity index (χ0) is 38.8. The summed E-state index contributed by atoms with van der Waals surface area (Å²) >= 11 is 0. The number of aromatic nitrogens is 5. The zero-order valence-corrected chi connectivity index (χ0v) is 33.2. The Hall–Kier alpha value is -4.66.